The predicted octanol–water partition coefficient (Wildman–Crippen LogP) is 6.56. The first-order valence-corrected chi connectivity index (χ1v) is 12.1. The summed E-state index contributed by atoms with van der Waals surface area (Å²) < 4.78 is 29.5. The van der Waals surface area contributed by atoms with Gasteiger partial charge < -0.3 is 15.4 Å². The van der Waals surface area contributed by atoms with E-state index in [1.807, 2.05) is 45.8 Å². The highest BCUT2D eigenvalue weighted by molar-refractivity contribution is 5.80. The van der Waals surface area contributed by atoms with Gasteiger partial charge in [0.05, 0.1) is 5.69 Å². The number of nitrogens with one attached hydrogen (secondary N) is 2. The van der Waals surface area contributed by atoms with Crippen LogP contribution in [0.5, 0.6) is 0 Å². The number of anilines is 2. The molecule has 0 fully saturated rings. The molecule has 196 valence electrons. The van der Waals surface area contributed by atoms with Gasteiger partial charge in [0.2, 0.25) is 0 Å². The minimum Gasteiger partial charge on any atom is -0.383 e. The van der Waals surface area contributed by atoms with Gasteiger partial charge in [-0.2, -0.15) is 0 Å². The Labute approximate surface area is 218 Å². The van der Waals surface area contributed by atoms with E-state index in [0.29, 0.717) is 29.7 Å². The van der Waals surface area contributed by atoms with E-state index in [2.05, 4.69) is 42.6 Å². The average molecular weight is 508 g/mol. The van der Waals surface area contributed by atoms with Crippen molar-refractivity contribution in [2.24, 2.45) is 0 Å². The Morgan fingerprint density at radius 1 is 1.08 bits per heavy atom. The van der Waals surface area contributed by atoms with Crippen LogP contribution >= 0.6 is 0 Å². The van der Waals surface area contributed by atoms with E-state index in [-0.39, 0.29) is 11.7 Å². The number of aromatic nitrogens is 2. The number of fused-ring (bicyclic) bond motifs is 1. The maximum atomic E-state index is 14.7. The van der Waals surface area contributed by atoms with Crippen molar-refractivity contribution in [1.82, 2.24) is 20.6 Å². The van der Waals surface area contributed by atoms with Crippen LogP contribution in [0.1, 0.15) is 50.2 Å². The number of para-hydroxylation sites is 1. The third-order valence-electron chi connectivity index (χ3n) is 5.51. The number of rotatable bonds is 5. The van der Waals surface area contributed by atoms with Crippen molar-refractivity contribution in [3.8, 4) is 11.3 Å². The van der Waals surface area contributed by atoms with Crippen LogP contribution < -0.4 is 15.5 Å². The molecular weight excluding hydrogens is 472 g/mol. The van der Waals surface area contributed by atoms with E-state index in [1.165, 1.54) is 23.1 Å². The molecule has 2 heterocycles. The van der Waals surface area contributed by atoms with Gasteiger partial charge in [0.1, 0.15) is 41.6 Å². The summed E-state index contributed by atoms with van der Waals surface area (Å²) in [7, 11) is 0. The number of aryl methyl sites for hydroxylation is 2. The van der Waals surface area contributed by atoms with Crippen molar-refractivity contribution in [3.63, 3.8) is 0 Å². The van der Waals surface area contributed by atoms with Crippen LogP contribution in [0.15, 0.2) is 55.4 Å². The number of halogens is 2. The average Bonchev–Trinajstić information content (AvgIpc) is 2.87. The highest BCUT2D eigenvalue weighted by Crippen LogP contribution is 2.40. The zero-order valence-corrected chi connectivity index (χ0v) is 22.4. The first-order valence-electron chi connectivity index (χ1n) is 12.1. The zero-order chi connectivity index (χ0) is 27.9. The lowest BCUT2D eigenvalue weighted by molar-refractivity contribution is -0.0980. The summed E-state index contributed by atoms with van der Waals surface area (Å²) >= 11 is 0. The van der Waals surface area contributed by atoms with Crippen molar-refractivity contribution in [2.75, 3.05) is 4.90 Å². The first-order chi connectivity index (χ1) is 17.7. The topological polar surface area (TPSA) is 70.2 Å². The summed E-state index contributed by atoms with van der Waals surface area (Å²) in [5.74, 6) is -0.149. The lowest BCUT2D eigenvalue weighted by Gasteiger charge is -2.34. The highest BCUT2D eigenvalue weighted by Gasteiger charge is 2.30. The number of hydrogen-bond donors (Lipinski definition) is 2. The molecule has 2 aromatic carbocycles. The van der Waals surface area contributed by atoms with Crippen LogP contribution in [0.3, 0.4) is 0 Å². The fourth-order valence-electron chi connectivity index (χ4n) is 3.99. The minimum absolute atomic E-state index is 0.222. The quantitative estimate of drug-likeness (QED) is 0.408. The van der Waals surface area contributed by atoms with Gasteiger partial charge in [-0.15, -0.1) is 0 Å². The van der Waals surface area contributed by atoms with Crippen LogP contribution in [0, 0.1) is 25.5 Å². The smallest absolute Gasteiger partial charge is 0.150 e. The van der Waals surface area contributed by atoms with Gasteiger partial charge in [-0.05, 0) is 57.0 Å². The van der Waals surface area contributed by atoms with Crippen molar-refractivity contribution in [1.29, 1.82) is 0 Å². The second-order valence-electron chi connectivity index (χ2n) is 8.43. The molecule has 37 heavy (non-hydrogen) atoms. The molecule has 1 aliphatic heterocycles. The summed E-state index contributed by atoms with van der Waals surface area (Å²) in [5, 5.41) is 6.48. The van der Waals surface area contributed by atoms with Crippen LogP contribution in [0.4, 0.5) is 20.3 Å². The molecule has 4 rings (SSSR count). The summed E-state index contributed by atoms with van der Waals surface area (Å²) in [4.78, 5) is 18.7. The molecule has 8 heteroatoms. The van der Waals surface area contributed by atoms with Crippen molar-refractivity contribution >= 4 is 24.0 Å². The van der Waals surface area contributed by atoms with Crippen LogP contribution in [-0.4, -0.2) is 22.8 Å². The van der Waals surface area contributed by atoms with E-state index in [4.69, 9.17) is 9.78 Å². The minimum atomic E-state index is -0.696. The molecule has 0 amide bonds. The van der Waals surface area contributed by atoms with E-state index >= 15 is 0 Å². The molecule has 0 bridgehead atoms. The summed E-state index contributed by atoms with van der Waals surface area (Å²) in [6.45, 7) is 22.4. The second-order valence-corrected chi connectivity index (χ2v) is 8.43. The Bertz CT molecular complexity index is 1270. The molecule has 0 aliphatic carbocycles. The molecule has 0 saturated heterocycles. The van der Waals surface area contributed by atoms with Crippen molar-refractivity contribution < 1.29 is 13.6 Å². The predicted molar refractivity (Wildman–Crippen MR) is 147 cm³/mol. The molecule has 6 nitrogen and oxygen atoms in total. The van der Waals surface area contributed by atoms with E-state index in [9.17, 15) is 8.78 Å². The lowest BCUT2D eigenvalue weighted by Crippen LogP contribution is -2.35. The molecule has 1 aliphatic rings. The first kappa shape index (κ1) is 29.2. The Kier molecular flexibility index (Phi) is 10.1. The molecule has 0 unspecified atom stereocenters. The van der Waals surface area contributed by atoms with E-state index in [1.54, 1.807) is 6.92 Å². The van der Waals surface area contributed by atoms with Crippen molar-refractivity contribution in [3.05, 3.63) is 89.5 Å². The molecule has 0 atom stereocenters. The summed E-state index contributed by atoms with van der Waals surface area (Å²) in [5.41, 5.74) is 4.90. The molecule has 2 N–H and O–H groups in total. The molecule has 0 saturated carbocycles. The van der Waals surface area contributed by atoms with Gasteiger partial charge in [0.25, 0.3) is 0 Å². The SMILES string of the molecule is C=C(NC(C)C)c1ccc(C)c(-c2nc(C)nc3c2CNC(=C)N3c2c(F)cccc2F)c1.C=O.CC. The molecule has 1 aromatic heterocycles. The van der Waals surface area contributed by atoms with Gasteiger partial charge in [0.15, 0.2) is 0 Å². The second kappa shape index (κ2) is 12.8. The van der Waals surface area contributed by atoms with E-state index in [0.717, 1.165) is 28.0 Å². The number of carbonyl (C=O) groups is 1. The van der Waals surface area contributed by atoms with Gasteiger partial charge in [-0.25, -0.2) is 18.7 Å². The Balaban J connectivity index is 0.00000115. The third-order valence-corrected chi connectivity index (χ3v) is 5.51. The monoisotopic (exact) mass is 507 g/mol. The number of nitrogens with zero attached hydrogens (tertiary/aromatic N) is 3. The molecule has 0 spiro atoms. The summed E-state index contributed by atoms with van der Waals surface area (Å²) in [6.07, 6.45) is 0. The largest absolute Gasteiger partial charge is 0.383 e. The van der Waals surface area contributed by atoms with Crippen LogP contribution in [0.25, 0.3) is 17.0 Å². The Morgan fingerprint density at radius 3 is 2.30 bits per heavy atom. The van der Waals surface area contributed by atoms with Crippen LogP contribution in [-0.2, 0) is 11.3 Å². The molecule has 0 radical (unpaired) electrons. The maximum absolute atomic E-state index is 14.7. The van der Waals surface area contributed by atoms with Gasteiger partial charge in [-0.3, -0.25) is 4.90 Å². The summed E-state index contributed by atoms with van der Waals surface area (Å²) in [6, 6.07) is 10.1. The molecular formula is C29H35F2N5O. The Hall–Kier alpha value is -4.07. The fraction of sp³-hybridized carbons (Fsp3) is 0.276. The number of benzene rings is 2. The zero-order valence-electron chi connectivity index (χ0n) is 22.4. The highest BCUT2D eigenvalue weighted by atomic mass is 19.1. The molecule has 3 aromatic rings. The maximum Gasteiger partial charge on any atom is 0.150 e. The standard InChI is InChI=1S/C26H27F2N5.C2H6.CH2O/c1-14(2)30-16(4)19-11-10-15(3)20(12-19)24-21-13-29-18(6)33(26(21)32-17(5)31-24)25-22(27)8-7-9-23(25)28;2*1-2/h7-12,14,29-30H,4,6,13H2,1-3,5H3;1-2H3;1H2. The van der Waals surface area contributed by atoms with Gasteiger partial charge in [-0.1, -0.05) is 45.2 Å². The number of hydrogen-bond acceptors (Lipinski definition) is 6. The Morgan fingerprint density at radius 2 is 1.70 bits per heavy atom. The number of carbonyl (C=O) groups excluding carboxylic acids is 1. The van der Waals surface area contributed by atoms with Crippen molar-refractivity contribution in [2.45, 2.75) is 54.1 Å². The van der Waals surface area contributed by atoms with Crippen LogP contribution in [0.2, 0.25) is 0 Å². The lowest BCUT2D eigenvalue weighted by atomic mass is 9.96. The normalized spacial score (nSPS) is 11.9. The fourth-order valence-corrected chi connectivity index (χ4v) is 3.99. The van der Waals surface area contributed by atoms with E-state index < -0.39 is 11.6 Å². The van der Waals surface area contributed by atoms with Gasteiger partial charge in [0, 0.05) is 29.4 Å². The van der Waals surface area contributed by atoms with Gasteiger partial charge >= 0.3 is 0 Å². The third kappa shape index (κ3) is 6.20.